The Labute approximate surface area is 364 Å². The van der Waals surface area contributed by atoms with Gasteiger partial charge in [0.25, 0.3) is 0 Å². The Morgan fingerprint density at radius 3 is 0.758 bits per heavy atom. The summed E-state index contributed by atoms with van der Waals surface area (Å²) < 4.78 is 295. The number of nitrogens with zero attached hydrogens (tertiary/aromatic N) is 1. The molecule has 0 aromatic heterocycles. The highest BCUT2D eigenvalue weighted by Gasteiger charge is 2.52. The summed E-state index contributed by atoms with van der Waals surface area (Å²) in [5.41, 5.74) is -11.4. The van der Waals surface area contributed by atoms with Crippen molar-refractivity contribution in [2.75, 3.05) is 19.6 Å². The molecule has 0 N–H and O–H groups in total. The molecule has 22 heteroatoms. The minimum Gasteiger partial charge on any atom is -0.319 e. The van der Waals surface area contributed by atoms with E-state index in [-0.39, 0.29) is 0 Å². The van der Waals surface area contributed by atoms with Crippen molar-refractivity contribution in [3.05, 3.63) is 152 Å². The van der Waals surface area contributed by atoms with Gasteiger partial charge in [-0.2, -0.15) is 0 Å². The van der Waals surface area contributed by atoms with E-state index in [1.54, 1.807) is 0 Å². The van der Waals surface area contributed by atoms with Gasteiger partial charge < -0.3 is 4.48 Å². The summed E-state index contributed by atoms with van der Waals surface area (Å²) in [5, 5.41) is 0. The maximum Gasteiger partial charge on any atom is 0.200 e. The van der Waals surface area contributed by atoms with Gasteiger partial charge in [0, 0.05) is 17.4 Å². The predicted octanol–water partition coefficient (Wildman–Crippen LogP) is 11.1. The highest BCUT2D eigenvalue weighted by atomic mass is 19.2. The Bertz CT molecular complexity index is 2240. The minimum absolute atomic E-state index is 0.755. The average molecular weight is 970 g/mol. The summed E-state index contributed by atoms with van der Waals surface area (Å²) in [7, 11) is 0. The van der Waals surface area contributed by atoms with Gasteiger partial charge in [-0.25, -0.2) is 87.8 Å². The van der Waals surface area contributed by atoms with Crippen LogP contribution < -0.4 is 21.9 Å². The van der Waals surface area contributed by atoms with Crippen molar-refractivity contribution in [2.45, 2.75) is 60.9 Å². The second-order valence-electron chi connectivity index (χ2n) is 16.3. The zero-order valence-corrected chi connectivity index (χ0v) is 35.3. The number of benzene rings is 5. The highest BCUT2D eigenvalue weighted by Crippen LogP contribution is 2.31. The highest BCUT2D eigenvalue weighted by molar-refractivity contribution is 7.20. The second-order valence-corrected chi connectivity index (χ2v) is 16.3. The molecule has 1 nitrogen and oxygen atoms in total. The summed E-state index contributed by atoms with van der Waals surface area (Å²) in [4.78, 5) is 0. The van der Waals surface area contributed by atoms with E-state index in [1.807, 2.05) is 0 Å². The molecule has 0 saturated heterocycles. The molecule has 0 radical (unpaired) electrons. The van der Waals surface area contributed by atoms with E-state index in [9.17, 15) is 52.7 Å². The Hall–Kier alpha value is -5.28. The lowest BCUT2D eigenvalue weighted by molar-refractivity contribution is -0.946. The van der Waals surface area contributed by atoms with Gasteiger partial charge in [-0.3, -0.25) is 0 Å². The molecular weight excluding hydrogens is 933 g/mol. The molecule has 0 amide bonds. The molecule has 5 rings (SSSR count). The van der Waals surface area contributed by atoms with Crippen molar-refractivity contribution < 1.29 is 92.3 Å². The third-order valence-electron chi connectivity index (χ3n) is 10.9. The fourth-order valence-electron chi connectivity index (χ4n) is 8.63. The van der Waals surface area contributed by atoms with Gasteiger partial charge in [0.15, 0.2) is 69.8 Å². The van der Waals surface area contributed by atoms with E-state index < -0.39 is 144 Å². The number of aryl methyl sites for hydroxylation is 1. The quantitative estimate of drug-likeness (QED) is 0.0363. The third-order valence-corrected chi connectivity index (χ3v) is 10.9. The molecule has 0 heterocycles. The Balaban J connectivity index is 0.000000380. The van der Waals surface area contributed by atoms with Crippen LogP contribution in [0.25, 0.3) is 0 Å². The smallest absolute Gasteiger partial charge is 0.200 e. The number of rotatable bonds is 13. The molecule has 66 heavy (non-hydrogen) atoms. The van der Waals surface area contributed by atoms with Gasteiger partial charge in [0.05, 0.1) is 19.6 Å². The van der Waals surface area contributed by atoms with Crippen molar-refractivity contribution in [1.29, 1.82) is 0 Å². The molecule has 5 aromatic rings. The van der Waals surface area contributed by atoms with E-state index in [2.05, 4.69) is 65.8 Å². The van der Waals surface area contributed by atoms with E-state index in [0.717, 1.165) is 18.3 Å². The Morgan fingerprint density at radius 2 is 0.561 bits per heavy atom. The maximum atomic E-state index is 15.4. The predicted molar refractivity (Wildman–Crippen MR) is 204 cm³/mol. The Morgan fingerprint density at radius 1 is 0.348 bits per heavy atom. The monoisotopic (exact) mass is 969 g/mol. The van der Waals surface area contributed by atoms with Crippen molar-refractivity contribution in [1.82, 2.24) is 0 Å². The molecule has 0 aliphatic heterocycles. The lowest BCUT2D eigenvalue weighted by Gasteiger charge is -2.44. The van der Waals surface area contributed by atoms with Crippen LogP contribution in [-0.4, -0.2) is 30.3 Å². The molecule has 0 atom stereocenters. The van der Waals surface area contributed by atoms with Crippen LogP contribution in [0.1, 0.15) is 59.1 Å². The molecule has 0 unspecified atom stereocenters. The minimum atomic E-state index is -7.22. The summed E-state index contributed by atoms with van der Waals surface area (Å²) in [6.45, 7) is 19.1. The molecule has 0 fully saturated rings. The number of hydrogen-bond acceptors (Lipinski definition) is 0. The van der Waals surface area contributed by atoms with Crippen LogP contribution in [-0.2, 0) is 13.0 Å². The normalized spacial score (nSPS) is 12.1. The van der Waals surface area contributed by atoms with E-state index in [0.29, 0.717) is 0 Å². The fraction of sp³-hybridized carbons (Fsp3) is 0.318. The molecule has 0 aliphatic rings. The van der Waals surface area contributed by atoms with Gasteiger partial charge >= 0.3 is 0 Å². The number of quaternary nitrogens is 1. The van der Waals surface area contributed by atoms with Crippen molar-refractivity contribution in [3.8, 4) is 0 Å². The van der Waals surface area contributed by atoms with E-state index >= 15 is 35.1 Å². The van der Waals surface area contributed by atoms with Gasteiger partial charge in [0.1, 0.15) is 59.2 Å². The zero-order chi connectivity index (χ0) is 50.2. The van der Waals surface area contributed by atoms with Crippen molar-refractivity contribution in [3.63, 3.8) is 0 Å². The average Bonchev–Trinajstić information content (AvgIpc) is 3.26. The van der Waals surface area contributed by atoms with Crippen LogP contribution >= 0.6 is 0 Å². The molecule has 0 aliphatic carbocycles. The lowest BCUT2D eigenvalue weighted by atomic mass is 9.12. The first-order valence-electron chi connectivity index (χ1n) is 19.8. The molecular formula is C44H36BF20N. The van der Waals surface area contributed by atoms with Gasteiger partial charge in [0.2, 0.25) is 0 Å². The van der Waals surface area contributed by atoms with Crippen LogP contribution in [0.4, 0.5) is 87.8 Å². The maximum absolute atomic E-state index is 15.4. The number of hydrogen-bond donors (Lipinski definition) is 0. The van der Waals surface area contributed by atoms with Crippen LogP contribution in [0.3, 0.4) is 0 Å². The summed E-state index contributed by atoms with van der Waals surface area (Å²) in [6.07, 6.45) is -4.81. The summed E-state index contributed by atoms with van der Waals surface area (Å²) >= 11 is 0. The van der Waals surface area contributed by atoms with Crippen LogP contribution in [0.5, 0.6) is 0 Å². The van der Waals surface area contributed by atoms with Crippen LogP contribution in [0, 0.1) is 128 Å². The standard InChI is InChI=1S/C24BF20.C20H36N/c26-5-1(6(27)14(35)21(42)13(5)34)25(2-7(28)15(36)22(43)16(37)8(2)29,3-9(30)17(38)23(44)18(39)10(3)31)4-11(32)19(40)24(45)20(41)12(4)33;1-7-13-21(14-17(3)4,15-18(5)6)16-20-11-9-19(8-2)10-12-20/h;9-12,17-18H,7-8,13-16H2,1-6H3/q-1;+1. The second kappa shape index (κ2) is 20.3. The molecule has 5 aromatic carbocycles. The van der Waals surface area contributed by atoms with Gasteiger partial charge in [-0.05, 0) is 18.4 Å². The van der Waals surface area contributed by atoms with Gasteiger partial charge in [-0.15, -0.1) is 21.9 Å². The zero-order valence-electron chi connectivity index (χ0n) is 35.3. The van der Waals surface area contributed by atoms with Crippen molar-refractivity contribution >= 4 is 28.0 Å². The molecule has 0 bridgehead atoms. The fourth-order valence-corrected chi connectivity index (χ4v) is 8.63. The molecule has 0 spiro atoms. The SMILES string of the molecule is CCC[N+](Cc1ccc(CC)cc1)(CC(C)C)CC(C)C.Fc1c(F)c(F)c([B-](c2c(F)c(F)c(F)c(F)c2F)(c2c(F)c(F)c(F)c(F)c2F)c2c(F)c(F)c(F)c(F)c2F)c(F)c1F. The largest absolute Gasteiger partial charge is 0.319 e. The van der Waals surface area contributed by atoms with Gasteiger partial charge in [-0.1, -0.05) is 65.8 Å². The summed E-state index contributed by atoms with van der Waals surface area (Å²) in [6, 6.07) is 9.31. The van der Waals surface area contributed by atoms with Crippen molar-refractivity contribution in [2.24, 2.45) is 11.8 Å². The van der Waals surface area contributed by atoms with E-state index in [4.69, 9.17) is 0 Å². The molecule has 0 saturated carbocycles. The first-order chi connectivity index (χ1) is 30.6. The first kappa shape index (κ1) is 53.3. The van der Waals surface area contributed by atoms with Crippen LogP contribution in [0.15, 0.2) is 24.3 Å². The topological polar surface area (TPSA) is 0 Å². The van der Waals surface area contributed by atoms with E-state index in [1.165, 1.54) is 48.2 Å². The first-order valence-corrected chi connectivity index (χ1v) is 19.8. The number of halogens is 20. The summed E-state index contributed by atoms with van der Waals surface area (Å²) in [5.74, 6) is -69.9. The third kappa shape index (κ3) is 9.21. The van der Waals surface area contributed by atoms with Crippen LogP contribution in [0.2, 0.25) is 0 Å². The molecule has 360 valence electrons. The Kier molecular flexibility index (Phi) is 16.4. The lowest BCUT2D eigenvalue weighted by Crippen LogP contribution is -2.81.